The van der Waals surface area contributed by atoms with Crippen molar-refractivity contribution >= 4 is 17.5 Å². The molecule has 2 aromatic rings. The monoisotopic (exact) mass is 397 g/mol. The molecule has 1 aromatic carbocycles. The van der Waals surface area contributed by atoms with Gasteiger partial charge in [-0.3, -0.25) is 9.59 Å². The summed E-state index contributed by atoms with van der Waals surface area (Å²) in [5, 5.41) is 5.94. The minimum Gasteiger partial charge on any atom is -0.349 e. The van der Waals surface area contributed by atoms with Crippen LogP contribution in [0.4, 0.5) is 5.69 Å². The highest BCUT2D eigenvalue weighted by atomic mass is 16.2. The molecule has 0 saturated heterocycles. The van der Waals surface area contributed by atoms with Gasteiger partial charge in [0, 0.05) is 18.8 Å². The van der Waals surface area contributed by atoms with E-state index in [0.717, 1.165) is 62.1 Å². The summed E-state index contributed by atoms with van der Waals surface area (Å²) in [4.78, 5) is 32.3. The Kier molecular flexibility index (Phi) is 7.04. The number of hydrogen-bond donors (Lipinski definition) is 2. The van der Waals surface area contributed by atoms with Crippen LogP contribution < -0.4 is 10.6 Å². The van der Waals surface area contributed by atoms with Crippen LogP contribution in [0.3, 0.4) is 0 Å². The summed E-state index contributed by atoms with van der Waals surface area (Å²) in [5.41, 5.74) is 3.11. The second-order valence-electron chi connectivity index (χ2n) is 7.72. The number of carbonyl (C=O) groups is 2. The van der Waals surface area contributed by atoms with E-state index in [-0.39, 0.29) is 11.8 Å². The normalized spacial score (nSPS) is 13.2. The molecule has 1 aliphatic heterocycles. The molecule has 1 aromatic heterocycles. The molecular weight excluding hydrogens is 366 g/mol. The van der Waals surface area contributed by atoms with Gasteiger partial charge in [0.2, 0.25) is 0 Å². The Balaban J connectivity index is 1.79. The fourth-order valence-corrected chi connectivity index (χ4v) is 3.71. The maximum absolute atomic E-state index is 13.0. The molecule has 0 fully saturated rings. The van der Waals surface area contributed by atoms with Crippen molar-refractivity contribution in [2.24, 2.45) is 0 Å². The first-order chi connectivity index (χ1) is 14.0. The van der Waals surface area contributed by atoms with E-state index >= 15 is 0 Å². The zero-order valence-electron chi connectivity index (χ0n) is 17.6. The van der Waals surface area contributed by atoms with Crippen LogP contribution >= 0.6 is 0 Å². The lowest BCUT2D eigenvalue weighted by molar-refractivity contribution is 0.0936. The number of benzene rings is 1. The van der Waals surface area contributed by atoms with Crippen molar-refractivity contribution in [3.8, 4) is 0 Å². The molecule has 2 N–H and O–H groups in total. The summed E-state index contributed by atoms with van der Waals surface area (Å²) in [6.07, 6.45) is 4.45. The molecule has 3 rings (SSSR count). The molecule has 0 saturated carbocycles. The zero-order valence-corrected chi connectivity index (χ0v) is 17.6. The molecule has 156 valence electrons. The summed E-state index contributed by atoms with van der Waals surface area (Å²) >= 11 is 0. The Morgan fingerprint density at radius 1 is 1.17 bits per heavy atom. The topological polar surface area (TPSA) is 79.3 Å². The van der Waals surface area contributed by atoms with Crippen molar-refractivity contribution in [1.82, 2.24) is 19.8 Å². The highest BCUT2D eigenvalue weighted by Gasteiger charge is 2.27. The Morgan fingerprint density at radius 2 is 1.97 bits per heavy atom. The van der Waals surface area contributed by atoms with Gasteiger partial charge in [0.25, 0.3) is 11.8 Å². The average molecular weight is 398 g/mol. The highest BCUT2D eigenvalue weighted by molar-refractivity contribution is 6.05. The van der Waals surface area contributed by atoms with Gasteiger partial charge in [-0.2, -0.15) is 0 Å². The molecule has 0 bridgehead atoms. The van der Waals surface area contributed by atoms with Crippen molar-refractivity contribution in [3.05, 3.63) is 47.0 Å². The average Bonchev–Trinajstić information content (AvgIpc) is 3.11. The molecule has 0 radical (unpaired) electrons. The second kappa shape index (κ2) is 9.69. The lowest BCUT2D eigenvalue weighted by atomic mass is 10.1. The Morgan fingerprint density at radius 3 is 2.72 bits per heavy atom. The molecule has 2 amide bonds. The van der Waals surface area contributed by atoms with E-state index < -0.39 is 0 Å². The number of aryl methyl sites for hydroxylation is 1. The summed E-state index contributed by atoms with van der Waals surface area (Å²) in [7, 11) is 4.02. The van der Waals surface area contributed by atoms with Gasteiger partial charge >= 0.3 is 0 Å². The summed E-state index contributed by atoms with van der Waals surface area (Å²) in [5.74, 6) is -0.110. The van der Waals surface area contributed by atoms with E-state index in [0.29, 0.717) is 18.1 Å². The third kappa shape index (κ3) is 5.03. The molecule has 7 nitrogen and oxygen atoms in total. The maximum Gasteiger partial charge on any atom is 0.287 e. The lowest BCUT2D eigenvalue weighted by Crippen LogP contribution is -2.30. The third-order valence-electron chi connectivity index (χ3n) is 5.25. The second-order valence-corrected chi connectivity index (χ2v) is 7.72. The number of para-hydroxylation sites is 1. The smallest absolute Gasteiger partial charge is 0.287 e. The molecule has 7 heteroatoms. The van der Waals surface area contributed by atoms with Gasteiger partial charge in [-0.15, -0.1) is 0 Å². The van der Waals surface area contributed by atoms with Crippen LogP contribution in [0.25, 0.3) is 0 Å². The third-order valence-corrected chi connectivity index (χ3v) is 5.25. The minimum absolute atomic E-state index is 0.208. The Bertz CT molecular complexity index is 872. The van der Waals surface area contributed by atoms with Crippen LogP contribution in [0.5, 0.6) is 0 Å². The molecule has 0 aliphatic carbocycles. The van der Waals surface area contributed by atoms with Gasteiger partial charge in [0.1, 0.15) is 0 Å². The van der Waals surface area contributed by atoms with Gasteiger partial charge in [-0.1, -0.05) is 25.1 Å². The fourth-order valence-electron chi connectivity index (χ4n) is 3.71. The molecular formula is C22H31N5O2. The molecule has 0 unspecified atom stereocenters. The quantitative estimate of drug-likeness (QED) is 0.672. The number of nitrogens with zero attached hydrogens (tertiary/aromatic N) is 3. The molecule has 29 heavy (non-hydrogen) atoms. The maximum atomic E-state index is 13.0. The van der Waals surface area contributed by atoms with E-state index in [1.165, 1.54) is 0 Å². The van der Waals surface area contributed by atoms with E-state index in [9.17, 15) is 9.59 Å². The number of nitrogens with one attached hydrogen (secondary N) is 2. The number of carbonyl (C=O) groups excluding carboxylic acids is 2. The number of imidazole rings is 1. The van der Waals surface area contributed by atoms with Crippen LogP contribution in [0.2, 0.25) is 0 Å². The Hall–Kier alpha value is -2.67. The van der Waals surface area contributed by atoms with Gasteiger partial charge in [0.05, 0.1) is 5.69 Å². The standard InChI is InChI=1S/C22H31N5O2/c1-4-16-10-5-6-11-17(16)24-21(28)19-18-12-7-8-15-27(18)20(25-19)22(29)23-13-9-14-26(2)3/h5-6,10-11H,4,7-9,12-15H2,1-3H3,(H,23,29)(H,24,28). The van der Waals surface area contributed by atoms with E-state index in [4.69, 9.17) is 0 Å². The predicted octanol–water partition coefficient (Wildman–Crippen LogP) is 2.72. The van der Waals surface area contributed by atoms with Crippen LogP contribution in [0, 0.1) is 0 Å². The Labute approximate surface area is 172 Å². The number of anilines is 1. The van der Waals surface area contributed by atoms with Gasteiger partial charge in [-0.25, -0.2) is 4.98 Å². The molecule has 0 spiro atoms. The van der Waals surface area contributed by atoms with Crippen molar-refractivity contribution < 1.29 is 9.59 Å². The number of aromatic nitrogens is 2. The van der Waals surface area contributed by atoms with Gasteiger partial charge < -0.3 is 20.1 Å². The predicted molar refractivity (Wildman–Crippen MR) is 114 cm³/mol. The number of hydrogen-bond acceptors (Lipinski definition) is 4. The number of rotatable bonds is 8. The highest BCUT2D eigenvalue weighted by Crippen LogP contribution is 2.23. The van der Waals surface area contributed by atoms with Crippen LogP contribution in [-0.2, 0) is 19.4 Å². The van der Waals surface area contributed by atoms with Crippen LogP contribution in [0.1, 0.15) is 58.6 Å². The summed E-state index contributed by atoms with van der Waals surface area (Å²) in [6, 6.07) is 7.78. The van der Waals surface area contributed by atoms with Crippen molar-refractivity contribution in [3.63, 3.8) is 0 Å². The van der Waals surface area contributed by atoms with E-state index in [1.54, 1.807) is 0 Å². The van der Waals surface area contributed by atoms with Gasteiger partial charge in [-0.05, 0) is 64.4 Å². The van der Waals surface area contributed by atoms with E-state index in [1.807, 2.05) is 42.9 Å². The number of fused-ring (bicyclic) bond motifs is 1. The first-order valence-electron chi connectivity index (χ1n) is 10.4. The van der Waals surface area contributed by atoms with Crippen molar-refractivity contribution in [2.75, 3.05) is 32.5 Å². The number of amides is 2. The molecule has 2 heterocycles. The molecule has 0 atom stereocenters. The summed E-state index contributed by atoms with van der Waals surface area (Å²) < 4.78 is 1.92. The lowest BCUT2D eigenvalue weighted by Gasteiger charge is -2.17. The molecule has 1 aliphatic rings. The largest absolute Gasteiger partial charge is 0.349 e. The first kappa shape index (κ1) is 21.0. The minimum atomic E-state index is -0.247. The first-order valence-corrected chi connectivity index (χ1v) is 10.4. The SMILES string of the molecule is CCc1ccccc1NC(=O)c1nc(C(=O)NCCCN(C)C)n2c1CCCC2. The van der Waals surface area contributed by atoms with Crippen molar-refractivity contribution in [1.29, 1.82) is 0 Å². The van der Waals surface area contributed by atoms with Crippen LogP contribution in [-0.4, -0.2) is 53.5 Å². The van der Waals surface area contributed by atoms with Gasteiger partial charge in [0.15, 0.2) is 11.5 Å². The summed E-state index contributed by atoms with van der Waals surface area (Å²) in [6.45, 7) is 4.28. The zero-order chi connectivity index (χ0) is 20.8. The van der Waals surface area contributed by atoms with Crippen molar-refractivity contribution in [2.45, 2.75) is 45.6 Å². The van der Waals surface area contributed by atoms with Crippen LogP contribution in [0.15, 0.2) is 24.3 Å². The van der Waals surface area contributed by atoms with E-state index in [2.05, 4.69) is 27.4 Å². The fraction of sp³-hybridized carbons (Fsp3) is 0.500.